The summed E-state index contributed by atoms with van der Waals surface area (Å²) in [6.07, 6.45) is 2.54. The Bertz CT molecular complexity index is 176. The third-order valence-electron chi connectivity index (χ3n) is 2.55. The van der Waals surface area contributed by atoms with Gasteiger partial charge in [0.05, 0.1) is 6.61 Å². The number of hydrogen-bond acceptors (Lipinski definition) is 3. The minimum absolute atomic E-state index is 0.236. The lowest BCUT2D eigenvalue weighted by molar-refractivity contribution is 0.195. The van der Waals surface area contributed by atoms with Crippen LogP contribution in [0.4, 0.5) is 0 Å². The maximum atomic E-state index is 8.93. The van der Waals surface area contributed by atoms with E-state index in [0.29, 0.717) is 6.04 Å². The van der Waals surface area contributed by atoms with Crippen molar-refractivity contribution in [2.45, 2.75) is 25.8 Å². The van der Waals surface area contributed by atoms with Crippen LogP contribution in [0.25, 0.3) is 0 Å². The van der Waals surface area contributed by atoms with Gasteiger partial charge in [-0.25, -0.2) is 0 Å². The van der Waals surface area contributed by atoms with E-state index in [1.54, 1.807) is 0 Å². The monoisotopic (exact) mass is 198 g/mol. The van der Waals surface area contributed by atoms with Crippen molar-refractivity contribution in [1.82, 2.24) is 10.2 Å². The Morgan fingerprint density at radius 1 is 1.64 bits per heavy atom. The van der Waals surface area contributed by atoms with Gasteiger partial charge in [0.2, 0.25) is 0 Å². The topological polar surface area (TPSA) is 35.5 Å². The minimum Gasteiger partial charge on any atom is -0.395 e. The molecule has 0 aromatic heterocycles. The van der Waals surface area contributed by atoms with Crippen molar-refractivity contribution in [1.29, 1.82) is 0 Å². The summed E-state index contributed by atoms with van der Waals surface area (Å²) in [7, 11) is 0. The van der Waals surface area contributed by atoms with E-state index in [9.17, 15) is 0 Å². The number of nitrogens with one attached hydrogen (secondary N) is 1. The molecule has 1 rings (SSSR count). The fourth-order valence-electron chi connectivity index (χ4n) is 1.98. The van der Waals surface area contributed by atoms with Crippen molar-refractivity contribution < 1.29 is 5.11 Å². The molecular formula is C11H22N2O. The molecule has 2 N–H and O–H groups in total. The van der Waals surface area contributed by atoms with E-state index in [1.165, 1.54) is 12.8 Å². The van der Waals surface area contributed by atoms with Crippen molar-refractivity contribution in [3.8, 4) is 0 Å². The van der Waals surface area contributed by atoms with Crippen LogP contribution in [-0.4, -0.2) is 48.8 Å². The zero-order valence-electron chi connectivity index (χ0n) is 9.13. The molecule has 14 heavy (non-hydrogen) atoms. The van der Waals surface area contributed by atoms with Gasteiger partial charge in [0.15, 0.2) is 0 Å². The molecule has 1 unspecified atom stereocenters. The summed E-state index contributed by atoms with van der Waals surface area (Å²) in [5.41, 5.74) is 1.16. The van der Waals surface area contributed by atoms with Crippen molar-refractivity contribution >= 4 is 0 Å². The van der Waals surface area contributed by atoms with E-state index in [2.05, 4.69) is 16.8 Å². The summed E-state index contributed by atoms with van der Waals surface area (Å²) in [6, 6.07) is 0.612. The van der Waals surface area contributed by atoms with Gasteiger partial charge in [-0.1, -0.05) is 12.2 Å². The molecule has 0 saturated carbocycles. The molecule has 0 amide bonds. The molecule has 0 aliphatic carbocycles. The van der Waals surface area contributed by atoms with Gasteiger partial charge in [0, 0.05) is 25.7 Å². The number of aliphatic hydroxyl groups is 1. The first kappa shape index (κ1) is 11.7. The summed E-state index contributed by atoms with van der Waals surface area (Å²) >= 11 is 0. The van der Waals surface area contributed by atoms with Gasteiger partial charge >= 0.3 is 0 Å². The molecule has 1 aliphatic rings. The fraction of sp³-hybridized carbons (Fsp3) is 0.818. The molecule has 1 saturated heterocycles. The predicted octanol–water partition coefficient (Wildman–Crippen LogP) is 0.609. The first-order chi connectivity index (χ1) is 6.72. The highest BCUT2D eigenvalue weighted by Crippen LogP contribution is 2.07. The summed E-state index contributed by atoms with van der Waals surface area (Å²) in [5, 5.41) is 12.4. The standard InChI is InChI=1S/C11H22N2O/c1-10(2)8-13(6-7-14)9-11-4-3-5-12-11/h11-12,14H,1,3-9H2,2H3. The molecular weight excluding hydrogens is 176 g/mol. The van der Waals surface area contributed by atoms with E-state index in [0.717, 1.165) is 31.8 Å². The Morgan fingerprint density at radius 3 is 2.93 bits per heavy atom. The zero-order chi connectivity index (χ0) is 10.4. The van der Waals surface area contributed by atoms with Gasteiger partial charge < -0.3 is 10.4 Å². The van der Waals surface area contributed by atoms with Gasteiger partial charge in [0.25, 0.3) is 0 Å². The van der Waals surface area contributed by atoms with E-state index in [4.69, 9.17) is 5.11 Å². The van der Waals surface area contributed by atoms with E-state index >= 15 is 0 Å². The summed E-state index contributed by atoms with van der Waals surface area (Å²) < 4.78 is 0. The van der Waals surface area contributed by atoms with Crippen LogP contribution < -0.4 is 5.32 Å². The van der Waals surface area contributed by atoms with Crippen LogP contribution in [0.1, 0.15) is 19.8 Å². The zero-order valence-corrected chi connectivity index (χ0v) is 9.13. The van der Waals surface area contributed by atoms with Crippen LogP contribution in [0.15, 0.2) is 12.2 Å². The fourth-order valence-corrected chi connectivity index (χ4v) is 1.98. The van der Waals surface area contributed by atoms with Gasteiger partial charge in [0.1, 0.15) is 0 Å². The van der Waals surface area contributed by atoms with Gasteiger partial charge in [-0.2, -0.15) is 0 Å². The van der Waals surface area contributed by atoms with Crippen LogP contribution in [0.2, 0.25) is 0 Å². The molecule has 0 bridgehead atoms. The van der Waals surface area contributed by atoms with Crippen LogP contribution in [0.3, 0.4) is 0 Å². The molecule has 0 aromatic rings. The van der Waals surface area contributed by atoms with Crippen LogP contribution in [-0.2, 0) is 0 Å². The van der Waals surface area contributed by atoms with E-state index in [-0.39, 0.29) is 6.61 Å². The smallest absolute Gasteiger partial charge is 0.0558 e. The summed E-state index contributed by atoms with van der Waals surface area (Å²) in [6.45, 7) is 10.0. The van der Waals surface area contributed by atoms with Crippen molar-refractivity contribution in [2.75, 3.05) is 32.8 Å². The highest BCUT2D eigenvalue weighted by molar-refractivity contribution is 4.93. The summed E-state index contributed by atoms with van der Waals surface area (Å²) in [5.74, 6) is 0. The second-order valence-corrected chi connectivity index (χ2v) is 4.21. The summed E-state index contributed by atoms with van der Waals surface area (Å²) in [4.78, 5) is 2.27. The minimum atomic E-state index is 0.236. The van der Waals surface area contributed by atoms with Crippen molar-refractivity contribution in [3.05, 3.63) is 12.2 Å². The van der Waals surface area contributed by atoms with E-state index in [1.807, 2.05) is 6.92 Å². The Hall–Kier alpha value is -0.380. The quantitative estimate of drug-likeness (QED) is 0.614. The average molecular weight is 198 g/mol. The largest absolute Gasteiger partial charge is 0.395 e. The first-order valence-corrected chi connectivity index (χ1v) is 5.43. The molecule has 1 aliphatic heterocycles. The molecule has 82 valence electrons. The van der Waals surface area contributed by atoms with Crippen LogP contribution in [0, 0.1) is 0 Å². The number of nitrogens with zero attached hydrogens (tertiary/aromatic N) is 1. The Morgan fingerprint density at radius 2 is 2.43 bits per heavy atom. The molecule has 1 fully saturated rings. The van der Waals surface area contributed by atoms with Gasteiger partial charge in [-0.3, -0.25) is 4.90 Å². The van der Waals surface area contributed by atoms with Gasteiger partial charge in [-0.15, -0.1) is 0 Å². The lowest BCUT2D eigenvalue weighted by atomic mass is 10.2. The van der Waals surface area contributed by atoms with Crippen molar-refractivity contribution in [2.24, 2.45) is 0 Å². The lowest BCUT2D eigenvalue weighted by Crippen LogP contribution is -2.39. The van der Waals surface area contributed by atoms with E-state index < -0.39 is 0 Å². The van der Waals surface area contributed by atoms with Gasteiger partial charge in [-0.05, 0) is 26.3 Å². The normalized spacial score (nSPS) is 21.8. The number of hydrogen-bond donors (Lipinski definition) is 2. The predicted molar refractivity (Wildman–Crippen MR) is 59.4 cm³/mol. The molecule has 0 spiro atoms. The Kier molecular flexibility index (Phi) is 5.15. The van der Waals surface area contributed by atoms with Crippen LogP contribution >= 0.6 is 0 Å². The number of rotatable bonds is 6. The Labute approximate surface area is 86.8 Å². The first-order valence-electron chi connectivity index (χ1n) is 5.43. The number of aliphatic hydroxyl groups excluding tert-OH is 1. The second kappa shape index (κ2) is 6.17. The molecule has 0 aromatic carbocycles. The molecule has 3 heteroatoms. The highest BCUT2D eigenvalue weighted by Gasteiger charge is 2.17. The molecule has 1 heterocycles. The lowest BCUT2D eigenvalue weighted by Gasteiger charge is -2.24. The third-order valence-corrected chi connectivity index (χ3v) is 2.55. The van der Waals surface area contributed by atoms with Crippen LogP contribution in [0.5, 0.6) is 0 Å². The molecule has 1 atom stereocenters. The maximum absolute atomic E-state index is 8.93. The molecule has 0 radical (unpaired) electrons. The highest BCUT2D eigenvalue weighted by atomic mass is 16.3. The third kappa shape index (κ3) is 4.22. The SMILES string of the molecule is C=C(C)CN(CCO)CC1CCCN1. The molecule has 3 nitrogen and oxygen atoms in total. The second-order valence-electron chi connectivity index (χ2n) is 4.21. The Balaban J connectivity index is 2.29. The maximum Gasteiger partial charge on any atom is 0.0558 e. The average Bonchev–Trinajstić information content (AvgIpc) is 2.56. The van der Waals surface area contributed by atoms with Crippen molar-refractivity contribution in [3.63, 3.8) is 0 Å².